The molecular weight excluding hydrogens is 420 g/mol. The Morgan fingerprint density at radius 1 is 1.18 bits per heavy atom. The van der Waals surface area contributed by atoms with Crippen molar-refractivity contribution in [2.45, 2.75) is 33.4 Å². The quantitative estimate of drug-likeness (QED) is 0.523. The summed E-state index contributed by atoms with van der Waals surface area (Å²) in [5.41, 5.74) is 7.44. The summed E-state index contributed by atoms with van der Waals surface area (Å²) in [7, 11) is 0. The maximum Gasteiger partial charge on any atom is 0.422 e. The van der Waals surface area contributed by atoms with E-state index >= 15 is 0 Å². The van der Waals surface area contributed by atoms with Gasteiger partial charge in [0.2, 0.25) is 5.88 Å². The van der Waals surface area contributed by atoms with Crippen LogP contribution in [-0.2, 0) is 17.9 Å². The summed E-state index contributed by atoms with van der Waals surface area (Å²) in [6.07, 6.45) is 4.33. The number of aromatic hydroxyl groups is 1. The van der Waals surface area contributed by atoms with Gasteiger partial charge in [-0.25, -0.2) is 9.36 Å². The summed E-state index contributed by atoms with van der Waals surface area (Å²) in [4.78, 5) is 30.6. The molecular formula is C25H26N4O4. The minimum absolute atomic E-state index is 0.151. The zero-order valence-electron chi connectivity index (χ0n) is 18.6. The summed E-state index contributed by atoms with van der Waals surface area (Å²) in [6.45, 7) is 7.69. The number of aromatic amines is 1. The Balaban J connectivity index is 1.31. The standard InChI is InChI=1S/C25H26N4O4/c1-13-20(11-28-9-16-6-17(16)10-28)14(2)26-22(13)7-19-18-5-15(3-4-21(18)27-24(19)31)8-29-23(30)12-33-25(29)32/h3-5,7,12,16-17,26,30H,6,8-11H2,1-2H3,(H,27,31)/t16-,17+. The molecule has 170 valence electrons. The summed E-state index contributed by atoms with van der Waals surface area (Å²) in [5, 5.41) is 12.8. The molecule has 1 aromatic carbocycles. The zero-order valence-corrected chi connectivity index (χ0v) is 18.6. The minimum atomic E-state index is -0.627. The number of nitrogens with one attached hydrogen (secondary N) is 2. The van der Waals surface area contributed by atoms with Crippen LogP contribution in [0, 0.1) is 25.7 Å². The number of anilines is 1. The van der Waals surface area contributed by atoms with E-state index in [2.05, 4.69) is 29.0 Å². The maximum atomic E-state index is 12.8. The fourth-order valence-corrected chi connectivity index (χ4v) is 5.32. The number of hydrogen-bond acceptors (Lipinski definition) is 5. The second kappa shape index (κ2) is 7.25. The molecule has 8 nitrogen and oxygen atoms in total. The summed E-state index contributed by atoms with van der Waals surface area (Å²) < 4.78 is 5.87. The van der Waals surface area contributed by atoms with Crippen LogP contribution in [0.5, 0.6) is 5.88 Å². The van der Waals surface area contributed by atoms with Crippen molar-refractivity contribution in [1.82, 2.24) is 14.5 Å². The number of aromatic nitrogens is 2. The Hall–Kier alpha value is -3.52. The highest BCUT2D eigenvalue weighted by atomic mass is 16.4. The van der Waals surface area contributed by atoms with Crippen LogP contribution in [0.1, 0.15) is 40.1 Å². The third-order valence-corrected chi connectivity index (χ3v) is 7.33. The predicted molar refractivity (Wildman–Crippen MR) is 124 cm³/mol. The Morgan fingerprint density at radius 3 is 2.70 bits per heavy atom. The van der Waals surface area contributed by atoms with E-state index in [1.807, 2.05) is 24.3 Å². The number of likely N-dealkylation sites (tertiary alicyclic amines) is 1. The van der Waals surface area contributed by atoms with Crippen LogP contribution in [0.4, 0.5) is 5.69 Å². The monoisotopic (exact) mass is 446 g/mol. The second-order valence-corrected chi connectivity index (χ2v) is 9.56. The summed E-state index contributed by atoms with van der Waals surface area (Å²) in [5.74, 6) is 0.792. The van der Waals surface area contributed by atoms with Gasteiger partial charge in [-0.05, 0) is 67.0 Å². The van der Waals surface area contributed by atoms with Gasteiger partial charge < -0.3 is 19.8 Å². The van der Waals surface area contributed by atoms with E-state index in [4.69, 9.17) is 4.42 Å². The minimum Gasteiger partial charge on any atom is -0.492 e. The van der Waals surface area contributed by atoms with Gasteiger partial charge in [0.05, 0.1) is 12.1 Å². The molecule has 0 unspecified atom stereocenters. The molecule has 4 heterocycles. The third kappa shape index (κ3) is 3.41. The van der Waals surface area contributed by atoms with Crippen LogP contribution in [0.25, 0.3) is 11.6 Å². The molecule has 0 radical (unpaired) electrons. The lowest BCUT2D eigenvalue weighted by atomic mass is 10.0. The molecule has 3 aromatic rings. The fraction of sp³-hybridized carbons (Fsp3) is 0.360. The largest absolute Gasteiger partial charge is 0.492 e. The van der Waals surface area contributed by atoms with Gasteiger partial charge >= 0.3 is 5.76 Å². The molecule has 1 aliphatic carbocycles. The van der Waals surface area contributed by atoms with Crippen molar-refractivity contribution < 1.29 is 14.3 Å². The lowest BCUT2D eigenvalue weighted by Crippen LogP contribution is -2.22. The van der Waals surface area contributed by atoms with Gasteiger partial charge in [0.25, 0.3) is 5.91 Å². The average molecular weight is 447 g/mol. The molecule has 1 saturated heterocycles. The van der Waals surface area contributed by atoms with Crippen molar-refractivity contribution in [3.8, 4) is 5.88 Å². The zero-order chi connectivity index (χ0) is 22.9. The number of amides is 1. The molecule has 0 bridgehead atoms. The number of H-pyrrole nitrogens is 1. The first-order valence-electron chi connectivity index (χ1n) is 11.3. The molecule has 6 rings (SSSR count). The second-order valence-electron chi connectivity index (χ2n) is 9.56. The molecule has 8 heteroatoms. The first-order valence-corrected chi connectivity index (χ1v) is 11.3. The molecule has 2 fully saturated rings. The number of oxazole rings is 1. The van der Waals surface area contributed by atoms with Crippen LogP contribution in [0.3, 0.4) is 0 Å². The molecule has 3 aliphatic rings. The highest BCUT2D eigenvalue weighted by Gasteiger charge is 2.44. The van der Waals surface area contributed by atoms with Crippen molar-refractivity contribution in [3.63, 3.8) is 0 Å². The molecule has 0 spiro atoms. The number of rotatable bonds is 5. The number of hydrogen-bond donors (Lipinski definition) is 3. The third-order valence-electron chi connectivity index (χ3n) is 7.33. The summed E-state index contributed by atoms with van der Waals surface area (Å²) >= 11 is 0. The Labute approximate surface area is 190 Å². The number of fused-ring (bicyclic) bond motifs is 2. The van der Waals surface area contributed by atoms with Crippen molar-refractivity contribution >= 4 is 23.2 Å². The number of nitrogens with zero attached hydrogens (tertiary/aromatic N) is 2. The highest BCUT2D eigenvalue weighted by Crippen LogP contribution is 2.45. The molecule has 33 heavy (non-hydrogen) atoms. The lowest BCUT2D eigenvalue weighted by Gasteiger charge is -2.17. The Morgan fingerprint density at radius 2 is 1.97 bits per heavy atom. The normalized spacial score (nSPS) is 22.6. The van der Waals surface area contributed by atoms with E-state index < -0.39 is 5.76 Å². The first-order chi connectivity index (χ1) is 15.9. The van der Waals surface area contributed by atoms with E-state index in [0.717, 1.165) is 57.4 Å². The van der Waals surface area contributed by atoms with Crippen LogP contribution < -0.4 is 11.1 Å². The molecule has 3 N–H and O–H groups in total. The van der Waals surface area contributed by atoms with Crippen molar-refractivity contribution in [1.29, 1.82) is 0 Å². The summed E-state index contributed by atoms with van der Waals surface area (Å²) in [6, 6.07) is 5.52. The van der Waals surface area contributed by atoms with Crippen molar-refractivity contribution in [2.75, 3.05) is 18.4 Å². The number of carbonyl (C=O) groups excluding carboxylic acids is 1. The van der Waals surface area contributed by atoms with Gasteiger partial charge in [0.15, 0.2) is 6.26 Å². The predicted octanol–water partition coefficient (Wildman–Crippen LogP) is 3.08. The van der Waals surface area contributed by atoms with E-state index in [-0.39, 0.29) is 18.3 Å². The lowest BCUT2D eigenvalue weighted by molar-refractivity contribution is -0.110. The molecule has 2 atom stereocenters. The van der Waals surface area contributed by atoms with E-state index in [0.29, 0.717) is 5.57 Å². The highest BCUT2D eigenvalue weighted by molar-refractivity contribution is 6.34. The Bertz CT molecular complexity index is 1370. The van der Waals surface area contributed by atoms with E-state index in [1.165, 1.54) is 30.6 Å². The molecule has 1 saturated carbocycles. The number of benzene rings is 1. The van der Waals surface area contributed by atoms with Crippen LogP contribution >= 0.6 is 0 Å². The molecule has 2 aromatic heterocycles. The number of piperidine rings is 1. The van der Waals surface area contributed by atoms with Crippen molar-refractivity contribution in [3.05, 3.63) is 68.7 Å². The van der Waals surface area contributed by atoms with E-state index in [9.17, 15) is 14.7 Å². The van der Waals surface area contributed by atoms with Gasteiger partial charge in [0, 0.05) is 42.3 Å². The van der Waals surface area contributed by atoms with Gasteiger partial charge in [-0.15, -0.1) is 0 Å². The van der Waals surface area contributed by atoms with Gasteiger partial charge in [-0.1, -0.05) is 6.07 Å². The number of aryl methyl sites for hydroxylation is 1. The first kappa shape index (κ1) is 20.1. The fourth-order valence-electron chi connectivity index (χ4n) is 5.32. The van der Waals surface area contributed by atoms with Crippen LogP contribution in [0.15, 0.2) is 33.7 Å². The maximum absolute atomic E-state index is 12.8. The van der Waals surface area contributed by atoms with Gasteiger partial charge in [0.1, 0.15) is 0 Å². The molecule has 1 amide bonds. The van der Waals surface area contributed by atoms with Crippen LogP contribution in [0.2, 0.25) is 0 Å². The average Bonchev–Trinajstić information content (AvgIpc) is 3.00. The SMILES string of the molecule is Cc1[nH]c(C=C2C(=O)Nc3ccc(Cn4c(O)coc4=O)cc32)c(C)c1CN1C[C@H]2C[C@H]2C1. The smallest absolute Gasteiger partial charge is 0.422 e. The van der Waals surface area contributed by atoms with Gasteiger partial charge in [-0.3, -0.25) is 9.69 Å². The number of carbonyl (C=O) groups is 1. The van der Waals surface area contributed by atoms with Gasteiger partial charge in [-0.2, -0.15) is 0 Å². The van der Waals surface area contributed by atoms with Crippen molar-refractivity contribution in [2.24, 2.45) is 11.8 Å². The molecule has 2 aliphatic heterocycles. The topological polar surface area (TPSA) is 103 Å². The van der Waals surface area contributed by atoms with Crippen LogP contribution in [-0.4, -0.2) is 38.6 Å². The van der Waals surface area contributed by atoms with E-state index in [1.54, 1.807) is 0 Å². The Kier molecular flexibility index (Phi) is 4.42.